The maximum atomic E-state index is 5.67. The molecule has 1 N–H and O–H groups in total. The van der Waals surface area contributed by atoms with Gasteiger partial charge in [-0.2, -0.15) is 0 Å². The van der Waals surface area contributed by atoms with Gasteiger partial charge in [-0.15, -0.1) is 0 Å². The van der Waals surface area contributed by atoms with Gasteiger partial charge in [0.05, 0.1) is 17.8 Å². The molecule has 3 rings (SSSR count). The van der Waals surface area contributed by atoms with Crippen LogP contribution in [0.3, 0.4) is 0 Å². The van der Waals surface area contributed by atoms with Gasteiger partial charge in [0.25, 0.3) is 0 Å². The first-order valence-electron chi connectivity index (χ1n) is 9.12. The third-order valence-electron chi connectivity index (χ3n) is 5.02. The van der Waals surface area contributed by atoms with Crippen LogP contribution in [0.2, 0.25) is 0 Å². The molecule has 0 unspecified atom stereocenters. The monoisotopic (exact) mass is 356 g/mol. The summed E-state index contributed by atoms with van der Waals surface area (Å²) in [6, 6.07) is 9.13. The van der Waals surface area contributed by atoms with E-state index < -0.39 is 0 Å². The van der Waals surface area contributed by atoms with Crippen LogP contribution in [0.5, 0.6) is 0 Å². The van der Waals surface area contributed by atoms with E-state index in [9.17, 15) is 0 Å². The largest absolute Gasteiger partial charge is 0.352 e. The summed E-state index contributed by atoms with van der Waals surface area (Å²) in [7, 11) is 0. The predicted octanol–water partition coefficient (Wildman–Crippen LogP) is 4.46. The number of hydrogen-bond acceptors (Lipinski definition) is 2. The summed E-state index contributed by atoms with van der Waals surface area (Å²) in [4.78, 5) is 6.94. The molecule has 1 saturated heterocycles. The van der Waals surface area contributed by atoms with Crippen molar-refractivity contribution >= 4 is 17.3 Å². The van der Waals surface area contributed by atoms with Gasteiger partial charge in [0.1, 0.15) is 0 Å². The predicted molar refractivity (Wildman–Crippen MR) is 107 cm³/mol. The number of nitrogens with one attached hydrogen (secondary N) is 1. The number of rotatable bonds is 5. The van der Waals surface area contributed by atoms with Crippen molar-refractivity contribution in [3.63, 3.8) is 0 Å². The van der Waals surface area contributed by atoms with Crippen LogP contribution < -0.4 is 5.32 Å². The third kappa shape index (κ3) is 3.17. The first-order valence-corrected chi connectivity index (χ1v) is 9.52. The Morgan fingerprint density at radius 3 is 2.60 bits per heavy atom. The van der Waals surface area contributed by atoms with Crippen molar-refractivity contribution in [2.24, 2.45) is 0 Å². The van der Waals surface area contributed by atoms with Crippen molar-refractivity contribution < 1.29 is 0 Å². The average molecular weight is 357 g/mol. The van der Waals surface area contributed by atoms with Crippen LogP contribution in [0.25, 0.3) is 0 Å². The highest BCUT2D eigenvalue weighted by Crippen LogP contribution is 2.41. The molecular formula is C20H28N4S. The molecule has 2 aromatic rings. The molecule has 2 aromatic heterocycles. The fourth-order valence-electron chi connectivity index (χ4n) is 4.12. The van der Waals surface area contributed by atoms with E-state index in [4.69, 9.17) is 12.2 Å². The minimum absolute atomic E-state index is 0.0846. The second-order valence-corrected chi connectivity index (χ2v) is 7.50. The Balaban J connectivity index is 2.10. The molecule has 0 aromatic carbocycles. The normalized spacial score (nSPS) is 20.4. The molecule has 3 heterocycles. The van der Waals surface area contributed by atoms with Crippen LogP contribution in [0.1, 0.15) is 68.0 Å². The van der Waals surface area contributed by atoms with E-state index in [1.54, 1.807) is 0 Å². The van der Waals surface area contributed by atoms with Crippen molar-refractivity contribution in [1.82, 2.24) is 19.8 Å². The van der Waals surface area contributed by atoms with E-state index in [-0.39, 0.29) is 12.1 Å². The van der Waals surface area contributed by atoms with Gasteiger partial charge in [0.15, 0.2) is 5.11 Å². The summed E-state index contributed by atoms with van der Waals surface area (Å²) in [5, 5.41) is 4.35. The molecule has 25 heavy (non-hydrogen) atoms. The van der Waals surface area contributed by atoms with E-state index >= 15 is 0 Å². The minimum Gasteiger partial charge on any atom is -0.352 e. The standard InChI is InChI=1S/C20H28N4S/c1-6-11-23-19(16-12-14(4)24(13(2)3)15(16)5)18(22-20(23)25)17-9-7-8-10-21-17/h7-10,12-13,18-19H,6,11H2,1-5H3,(H,22,25)/t18-,19-/m0/s1. The van der Waals surface area contributed by atoms with E-state index in [0.717, 1.165) is 23.8 Å². The summed E-state index contributed by atoms with van der Waals surface area (Å²) < 4.78 is 2.41. The number of nitrogens with zero attached hydrogens (tertiary/aromatic N) is 3. The van der Waals surface area contributed by atoms with E-state index in [1.807, 2.05) is 18.3 Å². The lowest BCUT2D eigenvalue weighted by Gasteiger charge is -2.28. The third-order valence-corrected chi connectivity index (χ3v) is 5.37. The van der Waals surface area contributed by atoms with Crippen LogP contribution in [0.4, 0.5) is 0 Å². The first-order chi connectivity index (χ1) is 12.0. The lowest BCUT2D eigenvalue weighted by molar-refractivity contribution is 0.316. The second-order valence-electron chi connectivity index (χ2n) is 7.11. The second kappa shape index (κ2) is 7.16. The highest BCUT2D eigenvalue weighted by atomic mass is 32.1. The smallest absolute Gasteiger partial charge is 0.170 e. The van der Waals surface area contributed by atoms with E-state index in [2.05, 4.69) is 66.5 Å². The lowest BCUT2D eigenvalue weighted by Crippen LogP contribution is -2.30. The summed E-state index contributed by atoms with van der Waals surface area (Å²) in [6.45, 7) is 12.0. The SMILES string of the molecule is CCCN1C(=S)N[C@@H](c2ccccn2)[C@@H]1c1cc(C)n(C(C)C)c1C. The lowest BCUT2D eigenvalue weighted by atomic mass is 9.96. The molecule has 0 amide bonds. The quantitative estimate of drug-likeness (QED) is 0.802. The number of pyridine rings is 1. The highest BCUT2D eigenvalue weighted by Gasteiger charge is 2.40. The average Bonchev–Trinajstić information content (AvgIpc) is 3.05. The first kappa shape index (κ1) is 17.9. The van der Waals surface area contributed by atoms with E-state index in [1.165, 1.54) is 17.0 Å². The van der Waals surface area contributed by atoms with Gasteiger partial charge in [-0.25, -0.2) is 0 Å². The molecule has 1 fully saturated rings. The number of aromatic nitrogens is 2. The Hall–Kier alpha value is -1.88. The van der Waals surface area contributed by atoms with Crippen LogP contribution in [0.15, 0.2) is 30.5 Å². The zero-order valence-corrected chi connectivity index (χ0v) is 16.6. The van der Waals surface area contributed by atoms with Crippen molar-refractivity contribution in [3.8, 4) is 0 Å². The number of hydrogen-bond donors (Lipinski definition) is 1. The summed E-state index contributed by atoms with van der Waals surface area (Å²) >= 11 is 5.67. The maximum absolute atomic E-state index is 5.67. The van der Waals surface area contributed by atoms with Crippen molar-refractivity contribution in [2.75, 3.05) is 6.54 Å². The summed E-state index contributed by atoms with van der Waals surface area (Å²) in [6.07, 6.45) is 2.92. The maximum Gasteiger partial charge on any atom is 0.170 e. The van der Waals surface area contributed by atoms with Crippen molar-refractivity contribution in [1.29, 1.82) is 0 Å². The minimum atomic E-state index is 0.0846. The van der Waals surface area contributed by atoms with Crippen LogP contribution >= 0.6 is 12.2 Å². The van der Waals surface area contributed by atoms with Gasteiger partial charge >= 0.3 is 0 Å². The Bertz CT molecular complexity index is 751. The van der Waals surface area contributed by atoms with Gasteiger partial charge < -0.3 is 14.8 Å². The van der Waals surface area contributed by atoms with Gasteiger partial charge in [-0.3, -0.25) is 4.98 Å². The molecule has 0 spiro atoms. The fourth-order valence-corrected chi connectivity index (χ4v) is 4.45. The molecule has 134 valence electrons. The van der Waals surface area contributed by atoms with Crippen LogP contribution in [-0.4, -0.2) is 26.1 Å². The van der Waals surface area contributed by atoms with Gasteiger partial charge in [-0.05, 0) is 70.1 Å². The molecule has 4 nitrogen and oxygen atoms in total. The zero-order valence-electron chi connectivity index (χ0n) is 15.8. The number of thiocarbonyl (C=S) groups is 1. The van der Waals surface area contributed by atoms with Crippen LogP contribution in [-0.2, 0) is 0 Å². The van der Waals surface area contributed by atoms with Crippen molar-refractivity contribution in [3.05, 3.63) is 53.1 Å². The van der Waals surface area contributed by atoms with Gasteiger partial charge in [0.2, 0.25) is 0 Å². The molecule has 0 radical (unpaired) electrons. The zero-order chi connectivity index (χ0) is 18.1. The van der Waals surface area contributed by atoms with Crippen molar-refractivity contribution in [2.45, 2.75) is 59.2 Å². The summed E-state index contributed by atoms with van der Waals surface area (Å²) in [5.41, 5.74) is 5.02. The van der Waals surface area contributed by atoms with Gasteiger partial charge in [-0.1, -0.05) is 13.0 Å². The molecule has 2 atom stereocenters. The number of aryl methyl sites for hydroxylation is 1. The van der Waals surface area contributed by atoms with Crippen LogP contribution in [0, 0.1) is 13.8 Å². The molecule has 0 saturated carbocycles. The Morgan fingerprint density at radius 1 is 1.28 bits per heavy atom. The topological polar surface area (TPSA) is 33.1 Å². The molecule has 0 aliphatic carbocycles. The molecular weight excluding hydrogens is 328 g/mol. The molecule has 5 heteroatoms. The molecule has 1 aliphatic rings. The Labute approximate surface area is 156 Å². The molecule has 0 bridgehead atoms. The highest BCUT2D eigenvalue weighted by molar-refractivity contribution is 7.80. The Kier molecular flexibility index (Phi) is 5.13. The van der Waals surface area contributed by atoms with Gasteiger partial charge in [0, 0.05) is 30.2 Å². The fraction of sp³-hybridized carbons (Fsp3) is 0.500. The summed E-state index contributed by atoms with van der Waals surface area (Å²) in [5.74, 6) is 0. The van der Waals surface area contributed by atoms with E-state index in [0.29, 0.717) is 6.04 Å². The molecule has 1 aliphatic heterocycles. The Morgan fingerprint density at radius 2 is 2.04 bits per heavy atom.